The number of aliphatic imine (C=N–C) groups is 1. The first kappa shape index (κ1) is 24.3. The van der Waals surface area contributed by atoms with E-state index in [2.05, 4.69) is 32.4 Å². The van der Waals surface area contributed by atoms with Gasteiger partial charge in [-0.25, -0.2) is 9.37 Å². The number of nitrogens with one attached hydrogen (secondary N) is 2. The summed E-state index contributed by atoms with van der Waals surface area (Å²) in [7, 11) is 1.73. The monoisotopic (exact) mass is 551 g/mol. The third kappa shape index (κ3) is 6.26. The van der Waals surface area contributed by atoms with Gasteiger partial charge in [-0.3, -0.25) is 9.89 Å². The van der Waals surface area contributed by atoms with Gasteiger partial charge < -0.3 is 10.6 Å². The lowest BCUT2D eigenvalue weighted by Crippen LogP contribution is -2.42. The van der Waals surface area contributed by atoms with E-state index in [0.29, 0.717) is 29.6 Å². The van der Waals surface area contributed by atoms with E-state index in [4.69, 9.17) is 11.6 Å². The normalized spacial score (nSPS) is 15.8. The lowest BCUT2D eigenvalue weighted by Gasteiger charge is -2.29. The van der Waals surface area contributed by atoms with Gasteiger partial charge in [0.25, 0.3) is 0 Å². The zero-order valence-corrected chi connectivity index (χ0v) is 20.9. The second-order valence-electron chi connectivity index (χ2n) is 6.95. The van der Waals surface area contributed by atoms with E-state index in [1.54, 1.807) is 30.5 Å². The molecule has 0 aliphatic carbocycles. The van der Waals surface area contributed by atoms with Gasteiger partial charge in [-0.05, 0) is 51.9 Å². The van der Waals surface area contributed by atoms with E-state index >= 15 is 0 Å². The molecule has 0 bridgehead atoms. The molecule has 1 atom stereocenters. The summed E-state index contributed by atoms with van der Waals surface area (Å²) < 4.78 is 14.6. The Morgan fingerprint density at radius 3 is 2.62 bits per heavy atom. The first-order valence-electron chi connectivity index (χ1n) is 9.55. The van der Waals surface area contributed by atoms with Crippen molar-refractivity contribution in [1.29, 1.82) is 0 Å². The molecule has 1 aliphatic rings. The molecule has 1 aromatic carbocycles. The largest absolute Gasteiger partial charge is 0.354 e. The maximum Gasteiger partial charge on any atom is 0.191 e. The van der Waals surface area contributed by atoms with Gasteiger partial charge in [0.2, 0.25) is 0 Å². The molecule has 2 aromatic rings. The molecule has 2 heterocycles. The number of likely N-dealkylation sites (tertiary alicyclic amines) is 1. The highest BCUT2D eigenvalue weighted by Crippen LogP contribution is 2.31. The average Bonchev–Trinajstić information content (AvgIpc) is 3.30. The number of aryl methyl sites for hydroxylation is 2. The molecule has 1 fully saturated rings. The highest BCUT2D eigenvalue weighted by molar-refractivity contribution is 14.0. The van der Waals surface area contributed by atoms with Crippen LogP contribution in [0, 0.1) is 19.7 Å². The van der Waals surface area contributed by atoms with Crippen molar-refractivity contribution in [2.75, 3.05) is 26.7 Å². The number of halogens is 3. The minimum Gasteiger partial charge on any atom is -0.354 e. The van der Waals surface area contributed by atoms with Gasteiger partial charge >= 0.3 is 0 Å². The van der Waals surface area contributed by atoms with Crippen LogP contribution < -0.4 is 10.6 Å². The number of rotatable bonds is 6. The number of guanidine groups is 1. The van der Waals surface area contributed by atoms with Gasteiger partial charge in [-0.1, -0.05) is 17.7 Å². The molecule has 0 saturated carbocycles. The number of nitrogens with zero attached hydrogens (tertiary/aromatic N) is 3. The van der Waals surface area contributed by atoms with Crippen LogP contribution in [0.15, 0.2) is 23.2 Å². The Labute approximate surface area is 198 Å². The fourth-order valence-corrected chi connectivity index (χ4v) is 4.65. The Morgan fingerprint density at radius 2 is 2.03 bits per heavy atom. The maximum atomic E-state index is 14.6. The van der Waals surface area contributed by atoms with Crippen molar-refractivity contribution in [1.82, 2.24) is 20.5 Å². The third-order valence-electron chi connectivity index (χ3n) is 5.08. The molecule has 5 nitrogen and oxygen atoms in total. The van der Waals surface area contributed by atoms with E-state index < -0.39 is 0 Å². The molecule has 1 unspecified atom stereocenters. The van der Waals surface area contributed by atoms with Crippen LogP contribution >= 0.6 is 46.9 Å². The van der Waals surface area contributed by atoms with Gasteiger partial charge in [0.15, 0.2) is 5.96 Å². The molecule has 0 spiro atoms. The third-order valence-corrected chi connectivity index (χ3v) is 6.48. The molecule has 1 aliphatic heterocycles. The van der Waals surface area contributed by atoms with Gasteiger partial charge in [0.05, 0.1) is 18.3 Å². The second kappa shape index (κ2) is 11.4. The Kier molecular flexibility index (Phi) is 9.58. The maximum absolute atomic E-state index is 14.6. The van der Waals surface area contributed by atoms with Crippen molar-refractivity contribution >= 4 is 52.9 Å². The topological polar surface area (TPSA) is 52.6 Å². The highest BCUT2D eigenvalue weighted by atomic mass is 127. The summed E-state index contributed by atoms with van der Waals surface area (Å²) in [5.74, 6) is 0.407. The van der Waals surface area contributed by atoms with Crippen molar-refractivity contribution in [2.45, 2.75) is 39.3 Å². The Hall–Kier alpha value is -0.970. The van der Waals surface area contributed by atoms with E-state index in [0.717, 1.165) is 36.6 Å². The Balaban J connectivity index is 0.00000300. The predicted molar refractivity (Wildman–Crippen MR) is 130 cm³/mol. The average molecular weight is 552 g/mol. The summed E-state index contributed by atoms with van der Waals surface area (Å²) in [6.07, 6.45) is 2.25. The Bertz CT molecular complexity index is 799. The molecule has 1 saturated heterocycles. The Morgan fingerprint density at radius 1 is 1.31 bits per heavy atom. The van der Waals surface area contributed by atoms with Crippen LogP contribution in [-0.4, -0.2) is 42.5 Å². The van der Waals surface area contributed by atoms with Crippen molar-refractivity contribution in [3.05, 3.63) is 50.2 Å². The second-order valence-corrected chi connectivity index (χ2v) is 8.65. The van der Waals surface area contributed by atoms with E-state index in [9.17, 15) is 4.39 Å². The molecular formula is C20H28ClFIN5S. The summed E-state index contributed by atoms with van der Waals surface area (Å²) in [6.45, 7) is 7.11. The first-order chi connectivity index (χ1) is 13.5. The highest BCUT2D eigenvalue weighted by Gasteiger charge is 2.27. The van der Waals surface area contributed by atoms with Crippen LogP contribution in [0.3, 0.4) is 0 Å². The van der Waals surface area contributed by atoms with Crippen molar-refractivity contribution < 1.29 is 4.39 Å². The molecule has 3 rings (SSSR count). The van der Waals surface area contributed by atoms with Crippen molar-refractivity contribution in [3.8, 4) is 0 Å². The molecule has 0 radical (unpaired) electrons. The number of hydrogen-bond acceptors (Lipinski definition) is 4. The molecule has 2 N–H and O–H groups in total. The SMILES string of the molecule is CN=C(NCc1nc(C)c(C)s1)NCC(c1c(F)cccc1Cl)N1CCCC1.I. The molecule has 160 valence electrons. The first-order valence-corrected chi connectivity index (χ1v) is 10.7. The molecular weight excluding hydrogens is 524 g/mol. The van der Waals surface area contributed by atoms with Gasteiger partial charge in [0.1, 0.15) is 10.8 Å². The van der Waals surface area contributed by atoms with E-state index in [1.807, 2.05) is 6.92 Å². The quantitative estimate of drug-likeness (QED) is 0.311. The predicted octanol–water partition coefficient (Wildman–Crippen LogP) is 4.67. The fourth-order valence-electron chi connectivity index (χ4n) is 3.48. The van der Waals surface area contributed by atoms with Gasteiger partial charge in [0, 0.05) is 29.1 Å². The minimum atomic E-state index is -0.261. The lowest BCUT2D eigenvalue weighted by molar-refractivity contribution is 0.240. The fraction of sp³-hybridized carbons (Fsp3) is 0.500. The van der Waals surface area contributed by atoms with Crippen molar-refractivity contribution in [2.24, 2.45) is 4.99 Å². The molecule has 0 amide bonds. The number of thiazole rings is 1. The number of aromatic nitrogens is 1. The standard InChI is InChI=1S/C20H27ClFN5S.HI/c1-13-14(2)28-18(26-13)12-25-20(23-3)24-11-17(27-9-4-5-10-27)19-15(21)7-6-8-16(19)22;/h6-8,17H,4-5,9-12H2,1-3H3,(H2,23,24,25);1H. The molecule has 29 heavy (non-hydrogen) atoms. The zero-order valence-electron chi connectivity index (χ0n) is 17.0. The number of hydrogen-bond donors (Lipinski definition) is 2. The zero-order chi connectivity index (χ0) is 20.1. The van der Waals surface area contributed by atoms with Crippen LogP contribution in [-0.2, 0) is 6.54 Å². The van der Waals surface area contributed by atoms with Crippen molar-refractivity contribution in [3.63, 3.8) is 0 Å². The summed E-state index contributed by atoms with van der Waals surface area (Å²) in [6, 6.07) is 4.74. The minimum absolute atomic E-state index is 0. The summed E-state index contributed by atoms with van der Waals surface area (Å²) >= 11 is 8.04. The summed E-state index contributed by atoms with van der Waals surface area (Å²) in [5.41, 5.74) is 1.62. The van der Waals surface area contributed by atoms with Crippen LogP contribution in [0.4, 0.5) is 4.39 Å². The van der Waals surface area contributed by atoms with Crippen LogP contribution in [0.2, 0.25) is 5.02 Å². The van der Waals surface area contributed by atoms with Crippen LogP contribution in [0.25, 0.3) is 0 Å². The van der Waals surface area contributed by atoms with Gasteiger partial charge in [-0.2, -0.15) is 0 Å². The summed E-state index contributed by atoms with van der Waals surface area (Å²) in [4.78, 5) is 12.4. The molecule has 9 heteroatoms. The van der Waals surface area contributed by atoms with E-state index in [1.165, 1.54) is 10.9 Å². The smallest absolute Gasteiger partial charge is 0.191 e. The lowest BCUT2D eigenvalue weighted by atomic mass is 10.0. The van der Waals surface area contributed by atoms with Gasteiger partial charge in [-0.15, -0.1) is 35.3 Å². The summed E-state index contributed by atoms with van der Waals surface area (Å²) in [5, 5.41) is 8.12. The number of benzene rings is 1. The van der Waals surface area contributed by atoms with Crippen LogP contribution in [0.5, 0.6) is 0 Å². The van der Waals surface area contributed by atoms with Crippen LogP contribution in [0.1, 0.15) is 40.0 Å². The molecule has 1 aromatic heterocycles. The van der Waals surface area contributed by atoms with E-state index in [-0.39, 0.29) is 35.8 Å².